The zero-order valence-corrected chi connectivity index (χ0v) is 23.9. The average Bonchev–Trinajstić information content (AvgIpc) is 3.14. The first-order valence-electron chi connectivity index (χ1n) is 13.2. The molecule has 4 fully saturated rings. The molecule has 4 saturated carbocycles. The van der Waals surface area contributed by atoms with E-state index < -0.39 is 16.0 Å². The van der Waals surface area contributed by atoms with Gasteiger partial charge in [-0.2, -0.15) is 0 Å². The number of carbonyl (C=O) groups is 2. The first kappa shape index (κ1) is 28.5. The molecule has 7 nitrogen and oxygen atoms in total. The van der Waals surface area contributed by atoms with E-state index in [9.17, 15) is 14.7 Å². The van der Waals surface area contributed by atoms with Gasteiger partial charge in [0.15, 0.2) is 0 Å². The number of aliphatic hydroxyl groups is 1. The quantitative estimate of drug-likeness (QED) is 0.347. The number of rotatable bonds is 5. The van der Waals surface area contributed by atoms with E-state index in [1.165, 1.54) is 7.11 Å². The number of alkyl halides is 3. The summed E-state index contributed by atoms with van der Waals surface area (Å²) in [7, 11) is 1.44. The fourth-order valence-electron chi connectivity index (χ4n) is 8.85. The third-order valence-corrected chi connectivity index (χ3v) is 10.5. The first-order chi connectivity index (χ1) is 16.8. The molecular formula is C26H40Cl3NO6. The maximum atomic E-state index is 12.9. The Bertz CT molecular complexity index is 839. The Balaban J connectivity index is 1.66. The lowest BCUT2D eigenvalue weighted by Gasteiger charge is -2.63. The van der Waals surface area contributed by atoms with Crippen molar-refractivity contribution in [2.45, 2.75) is 87.8 Å². The molecule has 10 heteroatoms. The van der Waals surface area contributed by atoms with Gasteiger partial charge in [-0.25, -0.2) is 4.79 Å². The summed E-state index contributed by atoms with van der Waals surface area (Å²) in [6, 6.07) is -0.243. The topological polar surface area (TPSA) is 94.1 Å². The van der Waals surface area contributed by atoms with Crippen LogP contribution in [-0.4, -0.2) is 59.5 Å². The molecule has 4 aliphatic carbocycles. The Morgan fingerprint density at radius 2 is 1.81 bits per heavy atom. The Morgan fingerprint density at radius 3 is 2.44 bits per heavy atom. The van der Waals surface area contributed by atoms with E-state index in [0.717, 1.165) is 32.1 Å². The van der Waals surface area contributed by atoms with Crippen LogP contribution in [0.2, 0.25) is 0 Å². The van der Waals surface area contributed by atoms with Crippen LogP contribution in [0, 0.1) is 40.4 Å². The highest BCUT2D eigenvalue weighted by molar-refractivity contribution is 6.67. The SMILES string of the molecule is CCOC1CC2CC[C@@H]3[C@@H](C(NC(=O)OCC(Cl)(Cl)Cl)C[C@]4(C)C(C(=O)OC)CC[C@@H]34)[C@@]2(C)CC1O. The molecule has 2 N–H and O–H groups in total. The summed E-state index contributed by atoms with van der Waals surface area (Å²) in [5.41, 5.74) is -0.487. The number of aliphatic hydroxyl groups excluding tert-OH is 1. The third kappa shape index (κ3) is 5.21. The van der Waals surface area contributed by atoms with E-state index in [4.69, 9.17) is 49.0 Å². The average molecular weight is 569 g/mol. The van der Waals surface area contributed by atoms with Crippen LogP contribution >= 0.6 is 34.8 Å². The lowest BCUT2D eigenvalue weighted by Crippen LogP contribution is -2.64. The molecule has 0 saturated heterocycles. The normalized spacial score (nSPS) is 44.1. The minimum Gasteiger partial charge on any atom is -0.469 e. The van der Waals surface area contributed by atoms with Crippen molar-refractivity contribution in [3.05, 3.63) is 0 Å². The molecule has 0 spiro atoms. The molecule has 0 aromatic rings. The number of nitrogens with one attached hydrogen (secondary N) is 1. The molecule has 0 aromatic carbocycles. The van der Waals surface area contributed by atoms with Crippen LogP contribution in [0.1, 0.15) is 65.7 Å². The highest BCUT2D eigenvalue weighted by atomic mass is 35.6. The van der Waals surface area contributed by atoms with Crippen molar-refractivity contribution in [2.75, 3.05) is 20.3 Å². The van der Waals surface area contributed by atoms with Gasteiger partial charge in [0.2, 0.25) is 3.79 Å². The molecule has 4 aliphatic rings. The summed E-state index contributed by atoms with van der Waals surface area (Å²) in [4.78, 5) is 25.7. The molecule has 0 aromatic heterocycles. The summed E-state index contributed by atoms with van der Waals surface area (Å²) in [6.07, 6.45) is 4.55. The van der Waals surface area contributed by atoms with E-state index in [-0.39, 0.29) is 47.4 Å². The number of alkyl carbamates (subject to hydrolysis) is 1. The molecule has 0 bridgehead atoms. The van der Waals surface area contributed by atoms with Gasteiger partial charge in [-0.3, -0.25) is 4.79 Å². The molecule has 4 rings (SSSR count). The zero-order valence-electron chi connectivity index (χ0n) is 21.6. The number of hydrogen-bond acceptors (Lipinski definition) is 6. The maximum absolute atomic E-state index is 12.9. The molecule has 206 valence electrons. The number of amides is 1. The molecular weight excluding hydrogens is 529 g/mol. The van der Waals surface area contributed by atoms with Crippen molar-refractivity contribution in [3.8, 4) is 0 Å². The number of hydrogen-bond donors (Lipinski definition) is 2. The molecule has 1 amide bonds. The second kappa shape index (κ2) is 10.6. The predicted molar refractivity (Wildman–Crippen MR) is 138 cm³/mol. The number of ether oxygens (including phenoxy) is 3. The maximum Gasteiger partial charge on any atom is 0.407 e. The molecule has 10 atom stereocenters. The number of carbonyl (C=O) groups excluding carboxylic acids is 2. The Labute approximate surface area is 229 Å². The minimum absolute atomic E-state index is 0.128. The molecule has 36 heavy (non-hydrogen) atoms. The van der Waals surface area contributed by atoms with Crippen LogP contribution in [-0.2, 0) is 19.0 Å². The number of methoxy groups -OCH3 is 1. The van der Waals surface area contributed by atoms with Crippen LogP contribution in [0.25, 0.3) is 0 Å². The lowest BCUT2D eigenvalue weighted by molar-refractivity contribution is -0.180. The lowest BCUT2D eigenvalue weighted by atomic mass is 9.43. The summed E-state index contributed by atoms with van der Waals surface area (Å²) >= 11 is 17.4. The van der Waals surface area contributed by atoms with E-state index in [1.54, 1.807) is 0 Å². The smallest absolute Gasteiger partial charge is 0.407 e. The number of fused-ring (bicyclic) bond motifs is 5. The van der Waals surface area contributed by atoms with Crippen molar-refractivity contribution in [3.63, 3.8) is 0 Å². The summed E-state index contributed by atoms with van der Waals surface area (Å²) in [6.45, 7) is 6.63. The van der Waals surface area contributed by atoms with Crippen molar-refractivity contribution >= 4 is 46.9 Å². The number of halogens is 3. The van der Waals surface area contributed by atoms with Crippen LogP contribution in [0.15, 0.2) is 0 Å². The fourth-order valence-corrected chi connectivity index (χ4v) is 9.01. The van der Waals surface area contributed by atoms with Crippen LogP contribution < -0.4 is 5.32 Å². The Kier molecular flexibility index (Phi) is 8.40. The van der Waals surface area contributed by atoms with E-state index in [1.807, 2.05) is 6.92 Å². The molecule has 0 aliphatic heterocycles. The Hall–Kier alpha value is -0.470. The molecule has 5 unspecified atom stereocenters. The van der Waals surface area contributed by atoms with Gasteiger partial charge in [0.05, 0.1) is 25.2 Å². The van der Waals surface area contributed by atoms with E-state index in [2.05, 4.69) is 19.2 Å². The van der Waals surface area contributed by atoms with Crippen molar-refractivity contribution in [1.82, 2.24) is 5.32 Å². The summed E-state index contributed by atoms with van der Waals surface area (Å²) in [5, 5.41) is 14.2. The van der Waals surface area contributed by atoms with E-state index in [0.29, 0.717) is 37.2 Å². The fraction of sp³-hybridized carbons (Fsp3) is 0.923. The third-order valence-electron chi connectivity index (χ3n) is 10.2. The molecule has 0 heterocycles. The van der Waals surface area contributed by atoms with Gasteiger partial charge in [-0.05, 0) is 86.4 Å². The molecule has 0 radical (unpaired) electrons. The van der Waals surface area contributed by atoms with Crippen LogP contribution in [0.4, 0.5) is 4.79 Å². The van der Waals surface area contributed by atoms with Gasteiger partial charge >= 0.3 is 12.1 Å². The summed E-state index contributed by atoms with van der Waals surface area (Å²) < 4.78 is 14.6. The highest BCUT2D eigenvalue weighted by Gasteiger charge is 2.65. The van der Waals surface area contributed by atoms with Crippen molar-refractivity contribution < 1.29 is 28.9 Å². The number of esters is 1. The van der Waals surface area contributed by atoms with Gasteiger partial charge in [0.25, 0.3) is 0 Å². The monoisotopic (exact) mass is 567 g/mol. The minimum atomic E-state index is -1.70. The zero-order chi connectivity index (χ0) is 26.5. The van der Waals surface area contributed by atoms with Gasteiger partial charge in [-0.1, -0.05) is 48.7 Å². The van der Waals surface area contributed by atoms with Gasteiger partial charge in [0, 0.05) is 12.6 Å². The van der Waals surface area contributed by atoms with Crippen LogP contribution in [0.3, 0.4) is 0 Å². The largest absolute Gasteiger partial charge is 0.469 e. The van der Waals surface area contributed by atoms with E-state index >= 15 is 0 Å². The Morgan fingerprint density at radius 1 is 1.08 bits per heavy atom. The van der Waals surface area contributed by atoms with Crippen LogP contribution in [0.5, 0.6) is 0 Å². The second-order valence-electron chi connectivity index (χ2n) is 11.9. The second-order valence-corrected chi connectivity index (χ2v) is 14.4. The summed E-state index contributed by atoms with van der Waals surface area (Å²) in [5.74, 6) is 0.782. The standard InChI is InChI=1S/C26H40Cl3NO6/c1-5-35-20-10-14-6-7-15-16-8-9-17(22(32)34-4)25(16,3)11-18(21(15)24(14,2)12-19(20)31)30-23(33)36-13-26(27,28)29/h14-21,31H,5-13H2,1-4H3,(H,30,33)/t14?,15-,16-,17?,18?,19?,20?,21-,24-,25-/m0/s1. The first-order valence-corrected chi connectivity index (χ1v) is 14.3. The van der Waals surface area contributed by atoms with Crippen molar-refractivity contribution in [1.29, 1.82) is 0 Å². The predicted octanol–water partition coefficient (Wildman–Crippen LogP) is 5.27. The highest BCUT2D eigenvalue weighted by Crippen LogP contribution is 2.67. The van der Waals surface area contributed by atoms with Crippen molar-refractivity contribution in [2.24, 2.45) is 40.4 Å². The van der Waals surface area contributed by atoms with Gasteiger partial charge in [0.1, 0.15) is 6.61 Å². The van der Waals surface area contributed by atoms with Gasteiger partial charge < -0.3 is 24.6 Å². The van der Waals surface area contributed by atoms with Gasteiger partial charge in [-0.15, -0.1) is 0 Å².